The summed E-state index contributed by atoms with van der Waals surface area (Å²) in [6, 6.07) is 6.41. The van der Waals surface area contributed by atoms with E-state index in [1.54, 1.807) is 31.2 Å². The molecule has 0 saturated heterocycles. The van der Waals surface area contributed by atoms with Crippen molar-refractivity contribution < 1.29 is 19.4 Å². The molecule has 0 fully saturated rings. The highest BCUT2D eigenvalue weighted by Crippen LogP contribution is 2.19. The van der Waals surface area contributed by atoms with Crippen molar-refractivity contribution in [2.75, 3.05) is 6.61 Å². The van der Waals surface area contributed by atoms with Crippen LogP contribution in [0.5, 0.6) is 5.75 Å². The zero-order valence-electron chi connectivity index (χ0n) is 9.57. The van der Waals surface area contributed by atoms with Crippen LogP contribution in [0.25, 0.3) is 0 Å². The standard InChI is InChI=1S/C12H13ClO4/c1-3-16-12(15)11(8(2)14)17-10-6-4-9(13)5-7-10/h4-7,14H,3H2,1-2H3/b11-8+. The van der Waals surface area contributed by atoms with Gasteiger partial charge in [0.1, 0.15) is 11.5 Å². The maximum atomic E-state index is 11.5. The molecule has 0 radical (unpaired) electrons. The summed E-state index contributed by atoms with van der Waals surface area (Å²) in [7, 11) is 0. The zero-order valence-corrected chi connectivity index (χ0v) is 10.3. The van der Waals surface area contributed by atoms with Gasteiger partial charge >= 0.3 is 5.97 Å². The fourth-order valence-corrected chi connectivity index (χ4v) is 1.21. The number of rotatable bonds is 4. The first-order chi connectivity index (χ1) is 8.04. The molecule has 0 aliphatic heterocycles. The Labute approximate surface area is 104 Å². The maximum absolute atomic E-state index is 11.5. The molecule has 0 bridgehead atoms. The van der Waals surface area contributed by atoms with E-state index in [9.17, 15) is 9.90 Å². The van der Waals surface area contributed by atoms with Gasteiger partial charge in [-0.15, -0.1) is 0 Å². The Morgan fingerprint density at radius 1 is 1.35 bits per heavy atom. The van der Waals surface area contributed by atoms with E-state index >= 15 is 0 Å². The van der Waals surface area contributed by atoms with Gasteiger partial charge in [0.05, 0.1) is 6.61 Å². The van der Waals surface area contributed by atoms with Crippen molar-refractivity contribution in [3.63, 3.8) is 0 Å². The quantitative estimate of drug-likeness (QED) is 0.511. The Balaban J connectivity index is 2.85. The molecule has 92 valence electrons. The van der Waals surface area contributed by atoms with Crippen LogP contribution in [0.4, 0.5) is 0 Å². The molecule has 0 saturated carbocycles. The van der Waals surface area contributed by atoms with Crippen LogP contribution >= 0.6 is 11.6 Å². The molecule has 0 aliphatic carbocycles. The van der Waals surface area contributed by atoms with Gasteiger partial charge in [0.2, 0.25) is 5.76 Å². The largest absolute Gasteiger partial charge is 0.508 e. The first-order valence-electron chi connectivity index (χ1n) is 5.05. The summed E-state index contributed by atoms with van der Waals surface area (Å²) in [6.07, 6.45) is 0. The molecule has 0 spiro atoms. The number of hydrogen-bond acceptors (Lipinski definition) is 4. The van der Waals surface area contributed by atoms with Crippen LogP contribution in [0.2, 0.25) is 5.02 Å². The number of aliphatic hydroxyl groups excluding tert-OH is 1. The smallest absolute Gasteiger partial charge is 0.377 e. The van der Waals surface area contributed by atoms with E-state index in [0.717, 1.165) is 0 Å². The Morgan fingerprint density at radius 2 is 1.94 bits per heavy atom. The Kier molecular flexibility index (Phi) is 4.84. The number of halogens is 1. The third-order valence-electron chi connectivity index (χ3n) is 1.82. The lowest BCUT2D eigenvalue weighted by molar-refractivity contribution is -0.141. The van der Waals surface area contributed by atoms with Gasteiger partial charge in [-0.1, -0.05) is 11.6 Å². The van der Waals surface area contributed by atoms with Crippen molar-refractivity contribution in [2.24, 2.45) is 0 Å². The van der Waals surface area contributed by atoms with Crippen molar-refractivity contribution in [1.82, 2.24) is 0 Å². The lowest BCUT2D eigenvalue weighted by atomic mass is 10.3. The molecule has 0 aromatic heterocycles. The zero-order chi connectivity index (χ0) is 12.8. The van der Waals surface area contributed by atoms with Crippen LogP contribution in [0.1, 0.15) is 13.8 Å². The number of ether oxygens (including phenoxy) is 2. The lowest BCUT2D eigenvalue weighted by Gasteiger charge is -2.09. The number of hydrogen-bond donors (Lipinski definition) is 1. The van der Waals surface area contributed by atoms with Gasteiger partial charge in [-0.05, 0) is 38.1 Å². The maximum Gasteiger partial charge on any atom is 0.377 e. The second kappa shape index (κ2) is 6.15. The highest BCUT2D eigenvalue weighted by molar-refractivity contribution is 6.30. The molecule has 0 heterocycles. The predicted molar refractivity (Wildman–Crippen MR) is 64.0 cm³/mol. The van der Waals surface area contributed by atoms with Crippen molar-refractivity contribution in [3.05, 3.63) is 40.8 Å². The van der Waals surface area contributed by atoms with Crippen LogP contribution < -0.4 is 4.74 Å². The fourth-order valence-electron chi connectivity index (χ4n) is 1.08. The van der Waals surface area contributed by atoms with Gasteiger partial charge in [-0.3, -0.25) is 0 Å². The normalized spacial score (nSPS) is 11.7. The molecule has 0 aliphatic rings. The van der Waals surface area contributed by atoms with Gasteiger partial charge < -0.3 is 14.6 Å². The Hall–Kier alpha value is -1.68. The van der Waals surface area contributed by atoms with Crippen molar-refractivity contribution >= 4 is 17.6 Å². The molecule has 17 heavy (non-hydrogen) atoms. The van der Waals surface area contributed by atoms with Gasteiger partial charge in [0.25, 0.3) is 0 Å². The van der Waals surface area contributed by atoms with Crippen molar-refractivity contribution in [3.8, 4) is 5.75 Å². The molecule has 1 aromatic carbocycles. The molecule has 0 amide bonds. The molecule has 1 aromatic rings. The second-order valence-corrected chi connectivity index (χ2v) is 3.63. The minimum Gasteiger partial charge on any atom is -0.508 e. The number of carbonyl (C=O) groups excluding carboxylic acids is 1. The summed E-state index contributed by atoms with van der Waals surface area (Å²) in [5.41, 5.74) is 0. The molecule has 1 N–H and O–H groups in total. The summed E-state index contributed by atoms with van der Waals surface area (Å²) in [4.78, 5) is 11.5. The number of aliphatic hydroxyl groups is 1. The second-order valence-electron chi connectivity index (χ2n) is 3.19. The van der Waals surface area contributed by atoms with Crippen LogP contribution in [0.3, 0.4) is 0 Å². The monoisotopic (exact) mass is 256 g/mol. The number of benzene rings is 1. The minimum absolute atomic E-state index is 0.208. The average Bonchev–Trinajstić information content (AvgIpc) is 2.28. The lowest BCUT2D eigenvalue weighted by Crippen LogP contribution is -2.14. The highest BCUT2D eigenvalue weighted by atomic mass is 35.5. The van der Waals surface area contributed by atoms with E-state index in [4.69, 9.17) is 21.1 Å². The molecule has 0 unspecified atom stereocenters. The molecular formula is C12H13ClO4. The van der Waals surface area contributed by atoms with Crippen molar-refractivity contribution in [1.29, 1.82) is 0 Å². The van der Waals surface area contributed by atoms with E-state index in [1.807, 2.05) is 0 Å². The van der Waals surface area contributed by atoms with Gasteiger partial charge in [0.15, 0.2) is 0 Å². The van der Waals surface area contributed by atoms with E-state index in [2.05, 4.69) is 0 Å². The summed E-state index contributed by atoms with van der Waals surface area (Å²) in [5, 5.41) is 9.91. The summed E-state index contributed by atoms with van der Waals surface area (Å²) in [6.45, 7) is 3.23. The topological polar surface area (TPSA) is 55.8 Å². The van der Waals surface area contributed by atoms with E-state index in [0.29, 0.717) is 10.8 Å². The third-order valence-corrected chi connectivity index (χ3v) is 2.07. The summed E-state index contributed by atoms with van der Waals surface area (Å²) < 4.78 is 10.00. The number of esters is 1. The van der Waals surface area contributed by atoms with Crippen LogP contribution in [0.15, 0.2) is 35.8 Å². The Morgan fingerprint density at radius 3 is 2.41 bits per heavy atom. The molecule has 4 nitrogen and oxygen atoms in total. The first kappa shape index (κ1) is 13.4. The molecule has 0 atom stereocenters. The minimum atomic E-state index is -0.706. The SMILES string of the molecule is CCOC(=O)/C(Oc1ccc(Cl)cc1)=C(/C)O. The number of carbonyl (C=O) groups is 1. The summed E-state index contributed by atoms with van der Waals surface area (Å²) in [5.74, 6) is -0.777. The first-order valence-corrected chi connectivity index (χ1v) is 5.42. The highest BCUT2D eigenvalue weighted by Gasteiger charge is 2.17. The van der Waals surface area contributed by atoms with E-state index in [-0.39, 0.29) is 18.1 Å². The number of allylic oxidation sites excluding steroid dienone is 1. The van der Waals surface area contributed by atoms with E-state index in [1.165, 1.54) is 6.92 Å². The molecule has 5 heteroatoms. The third kappa shape index (κ3) is 4.00. The summed E-state index contributed by atoms with van der Waals surface area (Å²) >= 11 is 5.71. The van der Waals surface area contributed by atoms with Gasteiger partial charge in [0, 0.05) is 5.02 Å². The van der Waals surface area contributed by atoms with Gasteiger partial charge in [-0.2, -0.15) is 0 Å². The van der Waals surface area contributed by atoms with Crippen molar-refractivity contribution in [2.45, 2.75) is 13.8 Å². The molecule has 1 rings (SSSR count). The fraction of sp³-hybridized carbons (Fsp3) is 0.250. The van der Waals surface area contributed by atoms with Crippen LogP contribution in [-0.2, 0) is 9.53 Å². The van der Waals surface area contributed by atoms with Crippen LogP contribution in [0, 0.1) is 0 Å². The average molecular weight is 257 g/mol. The van der Waals surface area contributed by atoms with Gasteiger partial charge in [-0.25, -0.2) is 4.79 Å². The van der Waals surface area contributed by atoms with E-state index < -0.39 is 5.97 Å². The predicted octanol–water partition coefficient (Wildman–Crippen LogP) is 3.07. The van der Waals surface area contributed by atoms with Crippen LogP contribution in [-0.4, -0.2) is 17.7 Å². The molecular weight excluding hydrogens is 244 g/mol. The Bertz CT molecular complexity index is 419.